The number of carbonyl (C=O) groups is 2. The number of esters is 2. The minimum Gasteiger partial charge on any atom is -0.462 e. The van der Waals surface area contributed by atoms with Gasteiger partial charge in [-0.2, -0.15) is 20.7 Å². The number of hydrogen-bond donors (Lipinski definition) is 1. The van der Waals surface area contributed by atoms with Crippen molar-refractivity contribution in [3.8, 4) is 12.1 Å². The maximum atomic E-state index is 12.2. The van der Waals surface area contributed by atoms with E-state index >= 15 is 0 Å². The molecule has 0 saturated heterocycles. The monoisotopic (exact) mass is 872 g/mol. The van der Waals surface area contributed by atoms with Crippen molar-refractivity contribution in [3.05, 3.63) is 105 Å². The molecule has 0 bridgehead atoms. The summed E-state index contributed by atoms with van der Waals surface area (Å²) in [5.74, 6) is -0.926. The number of pyridine rings is 2. The van der Waals surface area contributed by atoms with Gasteiger partial charge in [0.05, 0.1) is 56.8 Å². The van der Waals surface area contributed by atoms with Crippen LogP contribution in [-0.2, 0) is 41.6 Å². The van der Waals surface area contributed by atoms with Gasteiger partial charge < -0.3 is 9.47 Å². The van der Waals surface area contributed by atoms with Crippen molar-refractivity contribution < 1.29 is 35.9 Å². The molecule has 4 aromatic heterocycles. The van der Waals surface area contributed by atoms with Crippen LogP contribution in [0, 0.1) is 22.7 Å². The van der Waals surface area contributed by atoms with E-state index in [1.54, 1.807) is 50.2 Å². The number of sulfone groups is 2. The lowest BCUT2D eigenvalue weighted by molar-refractivity contribution is 0.0516. The SMILES string of the molecule is CCOC(=O)c1cn(Cc2cc(S(C)(=O)=O)c3ncc(Cl)cc3c2)nc1C#N.CCOC(=O)c1cn[nH]c1C#N.CS(=O)(=O)c1cc(CCl)cc2cc(Cl)cnc12. The van der Waals surface area contributed by atoms with Crippen LogP contribution in [0.2, 0.25) is 10.0 Å². The second-order valence-corrected chi connectivity index (χ2v) is 16.8. The molecule has 0 unspecified atom stereocenters. The largest absolute Gasteiger partial charge is 0.462 e. The number of hydrogen-bond acceptors (Lipinski definition) is 14. The molecule has 0 radical (unpaired) electrons. The number of carbonyl (C=O) groups excluding carboxylic acids is 2. The fraction of sp³-hybridized carbons (Fsp3) is 0.222. The predicted octanol–water partition coefficient (Wildman–Crippen LogP) is 6.07. The van der Waals surface area contributed by atoms with E-state index in [0.29, 0.717) is 37.4 Å². The van der Waals surface area contributed by atoms with E-state index in [2.05, 4.69) is 30.0 Å². The summed E-state index contributed by atoms with van der Waals surface area (Å²) >= 11 is 17.6. The zero-order valence-electron chi connectivity index (χ0n) is 30.4. The molecule has 4 heterocycles. The lowest BCUT2D eigenvalue weighted by Crippen LogP contribution is -2.06. The molecule has 0 aliphatic heterocycles. The van der Waals surface area contributed by atoms with Crippen LogP contribution in [-0.4, -0.2) is 84.4 Å². The van der Waals surface area contributed by atoms with Crippen molar-refractivity contribution in [1.82, 2.24) is 29.9 Å². The summed E-state index contributed by atoms with van der Waals surface area (Å²) in [5, 5.41) is 29.8. The van der Waals surface area contributed by atoms with E-state index in [1.165, 1.54) is 35.5 Å². The molecule has 0 saturated carbocycles. The average Bonchev–Trinajstić information content (AvgIpc) is 3.81. The fourth-order valence-electron chi connectivity index (χ4n) is 5.10. The maximum Gasteiger partial charge on any atom is 0.342 e. The number of benzene rings is 2. The minimum absolute atomic E-state index is 0.0539. The summed E-state index contributed by atoms with van der Waals surface area (Å²) in [7, 11) is -6.89. The number of nitrogens with one attached hydrogen (secondary N) is 1. The Bertz CT molecular complexity index is 2800. The molecule has 0 atom stereocenters. The lowest BCUT2D eigenvalue weighted by Gasteiger charge is -2.09. The third-order valence-electron chi connectivity index (χ3n) is 7.46. The molecule has 16 nitrogen and oxygen atoms in total. The van der Waals surface area contributed by atoms with Crippen molar-refractivity contribution in [2.75, 3.05) is 25.7 Å². The van der Waals surface area contributed by atoms with Crippen molar-refractivity contribution in [2.45, 2.75) is 36.1 Å². The number of halogens is 3. The summed E-state index contributed by atoms with van der Waals surface area (Å²) in [6.07, 6.45) is 7.74. The van der Waals surface area contributed by atoms with Crippen molar-refractivity contribution in [3.63, 3.8) is 0 Å². The number of rotatable bonds is 9. The van der Waals surface area contributed by atoms with E-state index in [4.69, 9.17) is 44.8 Å². The highest BCUT2D eigenvalue weighted by molar-refractivity contribution is 7.91. The number of fused-ring (bicyclic) bond motifs is 2. The van der Waals surface area contributed by atoms with E-state index in [9.17, 15) is 31.7 Å². The third-order valence-corrected chi connectivity index (χ3v) is 10.4. The van der Waals surface area contributed by atoms with Gasteiger partial charge in [0.2, 0.25) is 0 Å². The highest BCUT2D eigenvalue weighted by Gasteiger charge is 2.20. The quantitative estimate of drug-likeness (QED) is 0.128. The number of aromatic nitrogens is 6. The van der Waals surface area contributed by atoms with Gasteiger partial charge in [-0.3, -0.25) is 19.7 Å². The van der Waals surface area contributed by atoms with Gasteiger partial charge >= 0.3 is 11.9 Å². The molecule has 57 heavy (non-hydrogen) atoms. The van der Waals surface area contributed by atoms with Gasteiger partial charge in [-0.1, -0.05) is 23.2 Å². The molecule has 0 spiro atoms. The van der Waals surface area contributed by atoms with Gasteiger partial charge in [-0.25, -0.2) is 26.4 Å². The van der Waals surface area contributed by atoms with Crippen LogP contribution in [0.5, 0.6) is 0 Å². The smallest absolute Gasteiger partial charge is 0.342 e. The van der Waals surface area contributed by atoms with Crippen LogP contribution >= 0.6 is 34.8 Å². The molecular formula is C36H31Cl3N8O8S2. The summed E-state index contributed by atoms with van der Waals surface area (Å²) in [4.78, 5) is 31.5. The summed E-state index contributed by atoms with van der Waals surface area (Å²) in [6.45, 7) is 3.96. The second kappa shape index (κ2) is 19.0. The molecule has 0 amide bonds. The summed E-state index contributed by atoms with van der Waals surface area (Å²) < 4.78 is 58.8. The number of H-pyrrole nitrogens is 1. The Hall–Kier alpha value is -5.63. The first-order valence-corrected chi connectivity index (χ1v) is 21.4. The van der Waals surface area contributed by atoms with Gasteiger partial charge in [0.1, 0.15) is 29.0 Å². The van der Waals surface area contributed by atoms with Crippen molar-refractivity contribution in [2.24, 2.45) is 0 Å². The first-order chi connectivity index (χ1) is 26.9. The Balaban J connectivity index is 0.000000210. The Morgan fingerprint density at radius 2 is 1.28 bits per heavy atom. The molecule has 6 aromatic rings. The first-order valence-electron chi connectivity index (χ1n) is 16.3. The fourth-order valence-corrected chi connectivity index (χ4v) is 7.36. The Morgan fingerprint density at radius 3 is 1.75 bits per heavy atom. The molecule has 1 N–H and O–H groups in total. The third kappa shape index (κ3) is 11.2. The predicted molar refractivity (Wildman–Crippen MR) is 211 cm³/mol. The van der Waals surface area contributed by atoms with Crippen molar-refractivity contribution in [1.29, 1.82) is 10.5 Å². The van der Waals surface area contributed by atoms with Crippen molar-refractivity contribution >= 4 is 88.2 Å². The van der Waals surface area contributed by atoms with E-state index < -0.39 is 31.6 Å². The van der Waals surface area contributed by atoms with Crippen LogP contribution in [0.3, 0.4) is 0 Å². The Kier molecular flexibility index (Phi) is 14.7. The van der Waals surface area contributed by atoms with Gasteiger partial charge in [-0.05, 0) is 61.4 Å². The van der Waals surface area contributed by atoms with E-state index in [1.807, 2.05) is 6.07 Å². The maximum absolute atomic E-state index is 12.2. The standard InChI is InChI=1S/C18H15ClN4O4S.C11H9Cl2NO2S.C7H7N3O2/c1-3-27-18(24)14-10-23(22-15(14)7-20)9-11-4-12-6-13(19)8-21-17(12)16(5-11)28(2,25)26;1-17(15,16)10-3-7(5-12)2-8-4-9(13)6-14-11(8)10;1-2-12-7(11)5-4-9-10-6(5)3-8/h4-6,8,10H,3,9H2,1-2H3;2-4,6H,5H2,1H3;4H,2H2,1H3,(H,9,10). The lowest BCUT2D eigenvalue weighted by atomic mass is 10.1. The number of nitriles is 2. The zero-order valence-corrected chi connectivity index (χ0v) is 34.3. The first kappa shape index (κ1) is 44.1. The topological polar surface area (TPSA) is 241 Å². The van der Waals surface area contributed by atoms with Gasteiger partial charge in [0.15, 0.2) is 25.4 Å². The minimum atomic E-state index is -3.55. The summed E-state index contributed by atoms with van der Waals surface area (Å²) in [5.41, 5.74) is 2.37. The van der Waals surface area contributed by atoms with Crippen LogP contribution in [0.25, 0.3) is 21.8 Å². The van der Waals surface area contributed by atoms with Crippen LogP contribution < -0.4 is 0 Å². The number of ether oxygens (including phenoxy) is 2. The Morgan fingerprint density at radius 1 is 0.772 bits per heavy atom. The van der Waals surface area contributed by atoms with Gasteiger partial charge in [0, 0.05) is 47.8 Å². The molecular weight excluding hydrogens is 843 g/mol. The molecule has 21 heteroatoms. The molecule has 2 aromatic carbocycles. The van der Waals surface area contributed by atoms with Crippen LogP contribution in [0.1, 0.15) is 57.1 Å². The highest BCUT2D eigenvalue weighted by Crippen LogP contribution is 2.28. The van der Waals surface area contributed by atoms with Crippen LogP contribution in [0.4, 0.5) is 0 Å². The average molecular weight is 874 g/mol. The highest BCUT2D eigenvalue weighted by atomic mass is 35.5. The number of alkyl halides is 1. The molecule has 0 aliphatic rings. The summed E-state index contributed by atoms with van der Waals surface area (Å²) in [6, 6.07) is 13.5. The molecule has 296 valence electrons. The van der Waals surface area contributed by atoms with Crippen LogP contribution in [0.15, 0.2) is 71.0 Å². The number of nitrogens with zero attached hydrogens (tertiary/aromatic N) is 7. The molecule has 0 aliphatic carbocycles. The normalized spacial score (nSPS) is 11.0. The van der Waals surface area contributed by atoms with E-state index in [0.717, 1.165) is 18.1 Å². The van der Waals surface area contributed by atoms with Gasteiger partial charge in [-0.15, -0.1) is 11.6 Å². The zero-order chi connectivity index (χ0) is 42.1. The second-order valence-electron chi connectivity index (χ2n) is 11.7. The van der Waals surface area contributed by atoms with Gasteiger partial charge in [0.25, 0.3) is 0 Å². The molecule has 0 fully saturated rings. The molecule has 6 rings (SSSR count). The number of aromatic amines is 1. The Labute approximate surface area is 341 Å². The van der Waals surface area contributed by atoms with E-state index in [-0.39, 0.29) is 57.9 Å².